The van der Waals surface area contributed by atoms with Crippen molar-refractivity contribution in [2.45, 2.75) is 6.92 Å². The Morgan fingerprint density at radius 1 is 1.38 bits per heavy atom. The molecule has 0 atom stereocenters. The van der Waals surface area contributed by atoms with Crippen LogP contribution in [-0.4, -0.2) is 19.7 Å². The summed E-state index contributed by atoms with van der Waals surface area (Å²) >= 11 is 5.92. The molecule has 0 radical (unpaired) electrons. The van der Waals surface area contributed by atoms with E-state index in [0.29, 0.717) is 16.7 Å². The molecule has 0 aliphatic heterocycles. The smallest absolute Gasteiger partial charge is 0.173 e. The summed E-state index contributed by atoms with van der Waals surface area (Å²) in [6, 6.07) is 3.54. The van der Waals surface area contributed by atoms with E-state index in [0.717, 1.165) is 0 Å². The molecule has 0 aliphatic carbocycles. The fraction of sp³-hybridized carbons (Fsp3) is 0.125. The van der Waals surface area contributed by atoms with Crippen LogP contribution < -0.4 is 0 Å². The highest BCUT2D eigenvalue weighted by Gasteiger charge is 2.04. The monoisotopic (exact) mass is 194 g/mol. The number of hydrogen-bond donors (Lipinski definition) is 0. The van der Waals surface area contributed by atoms with Gasteiger partial charge in [0.1, 0.15) is 12.2 Å². The van der Waals surface area contributed by atoms with Crippen molar-refractivity contribution in [3.05, 3.63) is 35.5 Å². The summed E-state index contributed by atoms with van der Waals surface area (Å²) in [7, 11) is 0. The maximum atomic E-state index is 5.92. The molecule has 2 heterocycles. The van der Waals surface area contributed by atoms with Gasteiger partial charge in [0.2, 0.25) is 0 Å². The van der Waals surface area contributed by atoms with Crippen molar-refractivity contribution in [1.82, 2.24) is 19.7 Å². The van der Waals surface area contributed by atoms with Crippen molar-refractivity contribution in [1.29, 1.82) is 0 Å². The minimum absolute atomic E-state index is 0.562. The third-order valence-corrected chi connectivity index (χ3v) is 1.86. The van der Waals surface area contributed by atoms with E-state index in [1.807, 2.05) is 6.92 Å². The number of rotatable bonds is 1. The predicted octanol–water partition coefficient (Wildman–Crippen LogP) is 1.62. The number of halogens is 1. The van der Waals surface area contributed by atoms with Crippen LogP contribution >= 0.6 is 11.6 Å². The van der Waals surface area contributed by atoms with Gasteiger partial charge in [-0.25, -0.2) is 14.6 Å². The molecule has 0 fully saturated rings. The third kappa shape index (κ3) is 1.53. The summed E-state index contributed by atoms with van der Waals surface area (Å²) in [4.78, 5) is 8.08. The van der Waals surface area contributed by atoms with Crippen LogP contribution in [-0.2, 0) is 0 Å². The lowest BCUT2D eigenvalue weighted by molar-refractivity contribution is 0.832. The molecule has 0 unspecified atom stereocenters. The molecule has 66 valence electrons. The Morgan fingerprint density at radius 2 is 2.23 bits per heavy atom. The van der Waals surface area contributed by atoms with E-state index >= 15 is 0 Å². The minimum Gasteiger partial charge on any atom is -0.236 e. The van der Waals surface area contributed by atoms with E-state index in [4.69, 9.17) is 11.6 Å². The van der Waals surface area contributed by atoms with Crippen molar-refractivity contribution in [2.75, 3.05) is 0 Å². The molecule has 0 saturated heterocycles. The fourth-order valence-corrected chi connectivity index (χ4v) is 1.20. The molecule has 13 heavy (non-hydrogen) atoms. The lowest BCUT2D eigenvalue weighted by Gasteiger charge is -1.99. The van der Waals surface area contributed by atoms with E-state index in [1.54, 1.807) is 29.3 Å². The number of aromatic nitrogens is 4. The first-order valence-electron chi connectivity index (χ1n) is 3.76. The van der Waals surface area contributed by atoms with Gasteiger partial charge >= 0.3 is 0 Å². The minimum atomic E-state index is 0.562. The van der Waals surface area contributed by atoms with Crippen molar-refractivity contribution >= 4 is 11.6 Å². The highest BCUT2D eigenvalue weighted by molar-refractivity contribution is 6.32. The highest BCUT2D eigenvalue weighted by atomic mass is 35.5. The van der Waals surface area contributed by atoms with Gasteiger partial charge in [-0.1, -0.05) is 11.6 Å². The molecule has 5 heteroatoms. The molecule has 0 amide bonds. The van der Waals surface area contributed by atoms with E-state index in [2.05, 4.69) is 15.1 Å². The number of nitrogens with zero attached hydrogens (tertiary/aromatic N) is 4. The van der Waals surface area contributed by atoms with Gasteiger partial charge in [-0.05, 0) is 19.1 Å². The second-order valence-electron chi connectivity index (χ2n) is 2.55. The van der Waals surface area contributed by atoms with Crippen LogP contribution in [0.15, 0.2) is 24.7 Å². The van der Waals surface area contributed by atoms with E-state index in [-0.39, 0.29) is 0 Å². The summed E-state index contributed by atoms with van der Waals surface area (Å²) in [5.74, 6) is 1.30. The van der Waals surface area contributed by atoms with E-state index in [1.165, 1.54) is 0 Å². The van der Waals surface area contributed by atoms with Crippen LogP contribution in [0.25, 0.3) is 5.82 Å². The molecule has 0 saturated carbocycles. The zero-order valence-electron chi connectivity index (χ0n) is 6.98. The summed E-state index contributed by atoms with van der Waals surface area (Å²) in [6.07, 6.45) is 3.25. The van der Waals surface area contributed by atoms with Gasteiger partial charge in [-0.3, -0.25) is 0 Å². The van der Waals surface area contributed by atoms with Crippen LogP contribution in [0.2, 0.25) is 5.02 Å². The molecular weight excluding hydrogens is 188 g/mol. The van der Waals surface area contributed by atoms with E-state index < -0.39 is 0 Å². The normalized spacial score (nSPS) is 10.3. The van der Waals surface area contributed by atoms with Crippen molar-refractivity contribution in [3.8, 4) is 5.82 Å². The molecular formula is C8H7ClN4. The summed E-state index contributed by atoms with van der Waals surface area (Å²) < 4.78 is 1.55. The van der Waals surface area contributed by atoms with Gasteiger partial charge in [0.05, 0.1) is 5.02 Å². The van der Waals surface area contributed by atoms with E-state index in [9.17, 15) is 0 Å². The van der Waals surface area contributed by atoms with Gasteiger partial charge < -0.3 is 0 Å². The lowest BCUT2D eigenvalue weighted by Crippen LogP contribution is -1.98. The van der Waals surface area contributed by atoms with Gasteiger partial charge in [-0.2, -0.15) is 5.10 Å². The van der Waals surface area contributed by atoms with Gasteiger partial charge in [0.15, 0.2) is 5.82 Å². The Bertz CT molecular complexity index is 424. The second kappa shape index (κ2) is 3.14. The maximum absolute atomic E-state index is 5.92. The number of aryl methyl sites for hydroxylation is 1. The number of pyridine rings is 1. The molecule has 0 N–H and O–H groups in total. The van der Waals surface area contributed by atoms with Crippen molar-refractivity contribution in [3.63, 3.8) is 0 Å². The molecule has 2 aromatic heterocycles. The summed E-state index contributed by atoms with van der Waals surface area (Å²) in [5.41, 5.74) is 0. The van der Waals surface area contributed by atoms with Gasteiger partial charge in [0, 0.05) is 6.20 Å². The quantitative estimate of drug-likeness (QED) is 0.693. The predicted molar refractivity (Wildman–Crippen MR) is 48.9 cm³/mol. The Balaban J connectivity index is 2.52. The average molecular weight is 195 g/mol. The first kappa shape index (κ1) is 8.19. The summed E-state index contributed by atoms with van der Waals surface area (Å²) in [5, 5.41) is 4.66. The number of hydrogen-bond acceptors (Lipinski definition) is 3. The van der Waals surface area contributed by atoms with Crippen LogP contribution in [0.1, 0.15) is 5.82 Å². The average Bonchev–Trinajstić information content (AvgIpc) is 2.53. The third-order valence-electron chi connectivity index (χ3n) is 1.56. The first-order chi connectivity index (χ1) is 6.27. The maximum Gasteiger partial charge on any atom is 0.173 e. The largest absolute Gasteiger partial charge is 0.236 e. The highest BCUT2D eigenvalue weighted by Crippen LogP contribution is 2.15. The Kier molecular flexibility index (Phi) is 1.98. The van der Waals surface area contributed by atoms with Crippen molar-refractivity contribution < 1.29 is 0 Å². The van der Waals surface area contributed by atoms with Crippen LogP contribution in [0.3, 0.4) is 0 Å². The molecule has 2 aromatic rings. The Morgan fingerprint density at radius 3 is 2.85 bits per heavy atom. The van der Waals surface area contributed by atoms with Gasteiger partial charge in [-0.15, -0.1) is 0 Å². The zero-order valence-corrected chi connectivity index (χ0v) is 7.73. The molecule has 0 aliphatic rings. The first-order valence-corrected chi connectivity index (χ1v) is 4.14. The Labute approximate surface area is 80.2 Å². The van der Waals surface area contributed by atoms with Crippen LogP contribution in [0.4, 0.5) is 0 Å². The van der Waals surface area contributed by atoms with Gasteiger partial charge in [0.25, 0.3) is 0 Å². The van der Waals surface area contributed by atoms with Crippen LogP contribution in [0.5, 0.6) is 0 Å². The molecule has 2 rings (SSSR count). The molecule has 0 spiro atoms. The Hall–Kier alpha value is -1.42. The van der Waals surface area contributed by atoms with Crippen molar-refractivity contribution in [2.24, 2.45) is 0 Å². The molecule has 0 aromatic carbocycles. The van der Waals surface area contributed by atoms with Crippen LogP contribution in [0, 0.1) is 6.92 Å². The topological polar surface area (TPSA) is 43.6 Å². The SMILES string of the molecule is Cc1ncn(-c2ncccc2Cl)n1. The lowest BCUT2D eigenvalue weighted by atomic mass is 10.5. The zero-order chi connectivity index (χ0) is 9.26. The fourth-order valence-electron chi connectivity index (χ4n) is 0.994. The standard InChI is InChI=1S/C8H7ClN4/c1-6-11-5-13(12-6)8-7(9)3-2-4-10-8/h2-5H,1H3. The molecule has 0 bridgehead atoms. The second-order valence-corrected chi connectivity index (χ2v) is 2.95. The summed E-state index contributed by atoms with van der Waals surface area (Å²) in [6.45, 7) is 1.81. The molecule has 4 nitrogen and oxygen atoms in total.